The number of nitrogens with zero attached hydrogens (tertiary/aromatic N) is 1. The molecule has 1 spiro atoms. The molecule has 1 unspecified atom stereocenters. The standard InChI is InChI=1S/C26H25NO7/c1-6-32-22(29)19-20(33-24(31)34-25(2,3)4)15-11-7-8-12-16(15)21(28)26(19)17-13-9-10-14-18(17)27(5)23(26)30/h7-14H,6H2,1-5H3. The van der Waals surface area contributed by atoms with Gasteiger partial charge < -0.3 is 19.1 Å². The lowest BCUT2D eigenvalue weighted by Crippen LogP contribution is -2.51. The second-order valence-corrected chi connectivity index (χ2v) is 9.00. The molecule has 34 heavy (non-hydrogen) atoms. The summed E-state index contributed by atoms with van der Waals surface area (Å²) in [4.78, 5) is 55.4. The molecule has 2 aromatic carbocycles. The number of hydrogen-bond donors (Lipinski definition) is 0. The molecule has 1 amide bonds. The molecular weight excluding hydrogens is 438 g/mol. The Hall–Kier alpha value is -3.94. The number of carbonyl (C=O) groups excluding carboxylic acids is 4. The van der Waals surface area contributed by atoms with Gasteiger partial charge in [-0.25, -0.2) is 9.59 Å². The van der Waals surface area contributed by atoms with Crippen molar-refractivity contribution in [2.45, 2.75) is 38.7 Å². The number of rotatable bonds is 3. The fourth-order valence-electron chi connectivity index (χ4n) is 4.43. The van der Waals surface area contributed by atoms with Crippen LogP contribution in [0.1, 0.15) is 49.2 Å². The number of fused-ring (bicyclic) bond motifs is 3. The SMILES string of the molecule is CCOC(=O)C1=C(OC(=O)OC(C)(C)C)c2ccccc2C(=O)C12C(=O)N(C)c1ccccc12. The van der Waals surface area contributed by atoms with E-state index < -0.39 is 34.8 Å². The summed E-state index contributed by atoms with van der Waals surface area (Å²) in [5.74, 6) is -2.39. The summed E-state index contributed by atoms with van der Waals surface area (Å²) in [7, 11) is 1.53. The van der Waals surface area contributed by atoms with Crippen molar-refractivity contribution < 1.29 is 33.4 Å². The number of para-hydroxylation sites is 1. The Kier molecular flexibility index (Phi) is 5.55. The van der Waals surface area contributed by atoms with Gasteiger partial charge in [-0.15, -0.1) is 0 Å². The number of Topliss-reactive ketones (excluding diaryl/α,β-unsaturated/α-hetero) is 1. The molecule has 0 radical (unpaired) electrons. The van der Waals surface area contributed by atoms with Gasteiger partial charge in [0.2, 0.25) is 5.91 Å². The second kappa shape index (κ2) is 8.13. The van der Waals surface area contributed by atoms with Crippen molar-refractivity contribution in [1.82, 2.24) is 0 Å². The van der Waals surface area contributed by atoms with Crippen molar-refractivity contribution in [2.75, 3.05) is 18.6 Å². The highest BCUT2D eigenvalue weighted by atomic mass is 16.7. The lowest BCUT2D eigenvalue weighted by molar-refractivity contribution is -0.140. The predicted octanol–water partition coefficient (Wildman–Crippen LogP) is 4.02. The molecule has 1 atom stereocenters. The first-order chi connectivity index (χ1) is 16.0. The third-order valence-corrected chi connectivity index (χ3v) is 5.71. The van der Waals surface area contributed by atoms with Crippen LogP contribution in [0.15, 0.2) is 54.1 Å². The highest BCUT2D eigenvalue weighted by Crippen LogP contribution is 2.53. The van der Waals surface area contributed by atoms with Crippen molar-refractivity contribution in [3.63, 3.8) is 0 Å². The Bertz CT molecular complexity index is 1250. The zero-order chi connectivity index (χ0) is 24.8. The maximum Gasteiger partial charge on any atom is 0.514 e. The summed E-state index contributed by atoms with van der Waals surface area (Å²) in [5, 5.41) is 0. The van der Waals surface area contributed by atoms with Crippen LogP contribution in [0.25, 0.3) is 5.76 Å². The van der Waals surface area contributed by atoms with E-state index in [1.807, 2.05) is 0 Å². The quantitative estimate of drug-likeness (QED) is 0.501. The van der Waals surface area contributed by atoms with Gasteiger partial charge in [0, 0.05) is 29.4 Å². The van der Waals surface area contributed by atoms with Crippen LogP contribution in [0, 0.1) is 0 Å². The highest BCUT2D eigenvalue weighted by molar-refractivity contribution is 6.35. The first-order valence-electron chi connectivity index (χ1n) is 10.9. The Morgan fingerprint density at radius 3 is 2.24 bits per heavy atom. The maximum atomic E-state index is 14.1. The van der Waals surface area contributed by atoms with E-state index in [-0.39, 0.29) is 29.1 Å². The molecule has 4 rings (SSSR count). The molecule has 0 aromatic heterocycles. The summed E-state index contributed by atoms with van der Waals surface area (Å²) in [6.45, 7) is 6.59. The number of hydrogen-bond acceptors (Lipinski definition) is 7. The zero-order valence-electron chi connectivity index (χ0n) is 19.6. The minimum atomic E-state index is -2.07. The van der Waals surface area contributed by atoms with E-state index in [1.165, 1.54) is 18.0 Å². The third-order valence-electron chi connectivity index (χ3n) is 5.71. The van der Waals surface area contributed by atoms with Crippen LogP contribution in [-0.4, -0.2) is 43.1 Å². The molecule has 0 saturated heterocycles. The lowest BCUT2D eigenvalue weighted by atomic mass is 9.65. The van der Waals surface area contributed by atoms with E-state index in [9.17, 15) is 19.2 Å². The molecule has 1 aliphatic heterocycles. The average molecular weight is 463 g/mol. The summed E-state index contributed by atoms with van der Waals surface area (Å²) in [5.41, 5.74) is -2.15. The molecule has 0 fully saturated rings. The number of esters is 1. The van der Waals surface area contributed by atoms with Gasteiger partial charge >= 0.3 is 12.1 Å². The zero-order valence-corrected chi connectivity index (χ0v) is 19.6. The fraction of sp³-hybridized carbons (Fsp3) is 0.308. The van der Waals surface area contributed by atoms with E-state index in [0.29, 0.717) is 11.3 Å². The minimum Gasteiger partial charge on any atom is -0.462 e. The Morgan fingerprint density at radius 2 is 1.59 bits per heavy atom. The van der Waals surface area contributed by atoms with E-state index in [4.69, 9.17) is 14.2 Å². The molecule has 0 saturated carbocycles. The van der Waals surface area contributed by atoms with Crippen LogP contribution >= 0.6 is 0 Å². The topological polar surface area (TPSA) is 99.2 Å². The van der Waals surface area contributed by atoms with Crippen LogP contribution < -0.4 is 4.90 Å². The first kappa shape index (κ1) is 23.2. The van der Waals surface area contributed by atoms with Crippen LogP contribution in [-0.2, 0) is 29.2 Å². The predicted molar refractivity (Wildman–Crippen MR) is 123 cm³/mol. The summed E-state index contributed by atoms with van der Waals surface area (Å²) >= 11 is 0. The largest absolute Gasteiger partial charge is 0.514 e. The smallest absolute Gasteiger partial charge is 0.462 e. The van der Waals surface area contributed by atoms with Crippen molar-refractivity contribution in [3.8, 4) is 0 Å². The van der Waals surface area contributed by atoms with Gasteiger partial charge in [0.25, 0.3) is 0 Å². The van der Waals surface area contributed by atoms with Crippen molar-refractivity contribution >= 4 is 35.3 Å². The molecule has 1 heterocycles. The molecule has 1 aliphatic carbocycles. The van der Waals surface area contributed by atoms with Crippen LogP contribution in [0.3, 0.4) is 0 Å². The van der Waals surface area contributed by atoms with Gasteiger partial charge in [-0.2, -0.15) is 0 Å². The number of ketones is 1. The summed E-state index contributed by atoms with van der Waals surface area (Å²) < 4.78 is 16.2. The number of ether oxygens (including phenoxy) is 3. The summed E-state index contributed by atoms with van der Waals surface area (Å²) in [6.07, 6.45) is -1.07. The molecule has 2 aromatic rings. The number of likely N-dealkylation sites (N-methyl/N-ethyl adjacent to an activating group) is 1. The van der Waals surface area contributed by atoms with E-state index in [1.54, 1.807) is 70.2 Å². The fourth-order valence-corrected chi connectivity index (χ4v) is 4.43. The number of amides is 1. The third kappa shape index (κ3) is 3.37. The Balaban J connectivity index is 2.08. The summed E-state index contributed by atoms with van der Waals surface area (Å²) in [6, 6.07) is 13.1. The van der Waals surface area contributed by atoms with Gasteiger partial charge in [-0.1, -0.05) is 42.5 Å². The maximum absolute atomic E-state index is 14.1. The van der Waals surface area contributed by atoms with Gasteiger partial charge in [-0.3, -0.25) is 9.59 Å². The van der Waals surface area contributed by atoms with Crippen molar-refractivity contribution in [3.05, 3.63) is 70.8 Å². The molecular formula is C26H25NO7. The number of carbonyl (C=O) groups is 4. The van der Waals surface area contributed by atoms with Crippen LogP contribution in [0.4, 0.5) is 10.5 Å². The molecule has 0 N–H and O–H groups in total. The van der Waals surface area contributed by atoms with Gasteiger partial charge in [0.15, 0.2) is 17.0 Å². The first-order valence-corrected chi connectivity index (χ1v) is 10.9. The minimum absolute atomic E-state index is 0.0142. The molecule has 176 valence electrons. The van der Waals surface area contributed by atoms with Crippen molar-refractivity contribution in [2.24, 2.45) is 0 Å². The molecule has 8 nitrogen and oxygen atoms in total. The molecule has 8 heteroatoms. The molecule has 2 aliphatic rings. The molecule has 0 bridgehead atoms. The van der Waals surface area contributed by atoms with E-state index in [2.05, 4.69) is 0 Å². The Labute approximate surface area is 197 Å². The van der Waals surface area contributed by atoms with Crippen LogP contribution in [0.2, 0.25) is 0 Å². The lowest BCUT2D eigenvalue weighted by Gasteiger charge is -2.34. The van der Waals surface area contributed by atoms with E-state index in [0.717, 1.165) is 0 Å². The van der Waals surface area contributed by atoms with Crippen LogP contribution in [0.5, 0.6) is 0 Å². The second-order valence-electron chi connectivity index (χ2n) is 9.00. The monoisotopic (exact) mass is 463 g/mol. The van der Waals surface area contributed by atoms with E-state index >= 15 is 0 Å². The Morgan fingerprint density at radius 1 is 0.971 bits per heavy atom. The average Bonchev–Trinajstić information content (AvgIpc) is 2.99. The normalized spacial score (nSPS) is 19.1. The number of anilines is 1. The number of benzene rings is 2. The van der Waals surface area contributed by atoms with Gasteiger partial charge in [-0.05, 0) is 33.8 Å². The van der Waals surface area contributed by atoms with Gasteiger partial charge in [0.1, 0.15) is 11.2 Å². The van der Waals surface area contributed by atoms with Crippen molar-refractivity contribution in [1.29, 1.82) is 0 Å². The van der Waals surface area contributed by atoms with Gasteiger partial charge in [0.05, 0.1) is 6.61 Å². The highest BCUT2D eigenvalue weighted by Gasteiger charge is 2.64.